The summed E-state index contributed by atoms with van der Waals surface area (Å²) in [4.78, 5) is 8.41. The van der Waals surface area contributed by atoms with Gasteiger partial charge in [-0.15, -0.1) is 0 Å². The van der Waals surface area contributed by atoms with Crippen LogP contribution in [0.25, 0.3) is 17.0 Å². The second-order valence-electron chi connectivity index (χ2n) is 4.57. The Hall–Kier alpha value is -2.17. The number of fused-ring (bicyclic) bond motifs is 1. The summed E-state index contributed by atoms with van der Waals surface area (Å²) in [5.74, 6) is 2.43. The summed E-state index contributed by atoms with van der Waals surface area (Å²) in [5.41, 5.74) is 1.69. The molecule has 0 atom stereocenters. The third kappa shape index (κ3) is 1.77. The van der Waals surface area contributed by atoms with Crippen LogP contribution in [0.15, 0.2) is 22.9 Å². The second-order valence-corrected chi connectivity index (χ2v) is 4.57. The van der Waals surface area contributed by atoms with E-state index < -0.39 is 0 Å². The van der Waals surface area contributed by atoms with Gasteiger partial charge in [0.05, 0.1) is 17.3 Å². The highest BCUT2D eigenvalue weighted by Gasteiger charge is 2.10. The van der Waals surface area contributed by atoms with Crippen LogP contribution in [0, 0.1) is 13.1 Å². The van der Waals surface area contributed by atoms with Gasteiger partial charge in [0, 0.05) is 12.1 Å². The minimum absolute atomic E-state index is 0.278. The number of oxazole rings is 1. The maximum Gasteiger partial charge on any atom is 0.227 e. The van der Waals surface area contributed by atoms with Crippen molar-refractivity contribution in [3.05, 3.63) is 36.2 Å². The molecule has 3 aromatic heterocycles. The molecule has 1 radical (unpaired) electrons. The quantitative estimate of drug-likeness (QED) is 0.692. The molecule has 0 aliphatic heterocycles. The zero-order chi connectivity index (χ0) is 12.7. The van der Waals surface area contributed by atoms with Crippen LogP contribution < -0.4 is 0 Å². The molecule has 5 nitrogen and oxygen atoms in total. The smallest absolute Gasteiger partial charge is 0.227 e. The highest BCUT2D eigenvalue weighted by molar-refractivity contribution is 5.62. The number of hydrogen-bond donors (Lipinski definition) is 0. The van der Waals surface area contributed by atoms with Crippen LogP contribution in [0.1, 0.15) is 31.4 Å². The summed E-state index contributed by atoms with van der Waals surface area (Å²) in [6.45, 7) is 5.98. The molecule has 0 aliphatic carbocycles. The van der Waals surface area contributed by atoms with Gasteiger partial charge in [-0.25, -0.2) is 14.5 Å². The Bertz CT molecular complexity index is 696. The van der Waals surface area contributed by atoms with Crippen molar-refractivity contribution in [1.82, 2.24) is 19.6 Å². The van der Waals surface area contributed by atoms with E-state index in [9.17, 15) is 0 Å². The van der Waals surface area contributed by atoms with Crippen LogP contribution in [0.2, 0.25) is 0 Å². The fourth-order valence-corrected chi connectivity index (χ4v) is 1.72. The third-order valence-electron chi connectivity index (χ3n) is 2.68. The third-order valence-corrected chi connectivity index (χ3v) is 2.68. The minimum Gasteiger partial charge on any atom is -0.441 e. The number of aromatic nitrogens is 4. The van der Waals surface area contributed by atoms with Gasteiger partial charge in [0.2, 0.25) is 5.89 Å². The molecule has 18 heavy (non-hydrogen) atoms. The SMILES string of the molecule is Cc1cnc(-c2cc3[c]nc(C(C)C)nn3c2)o1. The van der Waals surface area contributed by atoms with Gasteiger partial charge in [-0.1, -0.05) is 13.8 Å². The molecule has 5 heteroatoms. The van der Waals surface area contributed by atoms with Crippen LogP contribution >= 0.6 is 0 Å². The molecular formula is C13H13N4O. The normalized spacial score (nSPS) is 11.6. The van der Waals surface area contributed by atoms with Gasteiger partial charge in [-0.05, 0) is 13.0 Å². The van der Waals surface area contributed by atoms with Crippen molar-refractivity contribution in [3.8, 4) is 11.5 Å². The topological polar surface area (TPSA) is 56.2 Å². The molecule has 0 N–H and O–H groups in total. The van der Waals surface area contributed by atoms with Crippen LogP contribution in [0.3, 0.4) is 0 Å². The molecule has 0 aliphatic rings. The first-order valence-corrected chi connectivity index (χ1v) is 5.84. The van der Waals surface area contributed by atoms with E-state index in [1.165, 1.54) is 0 Å². The average molecular weight is 241 g/mol. The van der Waals surface area contributed by atoms with Gasteiger partial charge in [-0.2, -0.15) is 5.10 Å². The maximum absolute atomic E-state index is 5.49. The predicted octanol–water partition coefficient (Wildman–Crippen LogP) is 2.62. The molecule has 3 rings (SSSR count). The maximum atomic E-state index is 5.49. The van der Waals surface area contributed by atoms with Crippen molar-refractivity contribution in [3.63, 3.8) is 0 Å². The lowest BCUT2D eigenvalue weighted by atomic mass is 10.2. The molecule has 0 fully saturated rings. The Morgan fingerprint density at radius 3 is 2.89 bits per heavy atom. The van der Waals surface area contributed by atoms with E-state index in [-0.39, 0.29) is 5.92 Å². The van der Waals surface area contributed by atoms with Crippen LogP contribution in [-0.4, -0.2) is 19.6 Å². The summed E-state index contributed by atoms with van der Waals surface area (Å²) >= 11 is 0. The first-order chi connectivity index (χ1) is 8.63. The molecular weight excluding hydrogens is 228 g/mol. The Morgan fingerprint density at radius 2 is 2.22 bits per heavy atom. The lowest BCUT2D eigenvalue weighted by molar-refractivity contribution is 0.542. The van der Waals surface area contributed by atoms with Crippen LogP contribution in [0.4, 0.5) is 0 Å². The number of aryl methyl sites for hydroxylation is 1. The van der Waals surface area contributed by atoms with Gasteiger partial charge >= 0.3 is 0 Å². The molecule has 0 amide bonds. The Labute approximate surface area is 104 Å². The molecule has 3 heterocycles. The van der Waals surface area contributed by atoms with E-state index in [4.69, 9.17) is 4.42 Å². The summed E-state index contributed by atoms with van der Waals surface area (Å²) in [5, 5.41) is 4.43. The second kappa shape index (κ2) is 3.94. The fraction of sp³-hybridized carbons (Fsp3) is 0.308. The monoisotopic (exact) mass is 241 g/mol. The minimum atomic E-state index is 0.278. The first-order valence-electron chi connectivity index (χ1n) is 5.84. The van der Waals surface area contributed by atoms with Gasteiger partial charge in [0.25, 0.3) is 0 Å². The van der Waals surface area contributed by atoms with Crippen molar-refractivity contribution < 1.29 is 4.42 Å². The van der Waals surface area contributed by atoms with E-state index in [1.54, 1.807) is 10.7 Å². The molecule has 0 saturated heterocycles. The number of nitrogens with zero attached hydrogens (tertiary/aromatic N) is 4. The standard InChI is InChI=1S/C13H13N4O/c1-8(2)12-14-6-11-4-10(7-17(11)16-12)13-15-5-9(3)18-13/h4-5,7-8H,1-3H3. The average Bonchev–Trinajstić information content (AvgIpc) is 2.93. The summed E-state index contributed by atoms with van der Waals surface area (Å²) in [6, 6.07) is 1.91. The Morgan fingerprint density at radius 1 is 1.39 bits per heavy atom. The van der Waals surface area contributed by atoms with Crippen molar-refractivity contribution >= 4 is 5.52 Å². The molecule has 3 aromatic rings. The molecule has 91 valence electrons. The summed E-state index contributed by atoms with van der Waals surface area (Å²) in [6.07, 6.45) is 6.56. The van der Waals surface area contributed by atoms with Crippen molar-refractivity contribution in [2.24, 2.45) is 0 Å². The van der Waals surface area contributed by atoms with E-state index in [2.05, 4.69) is 35.1 Å². The Balaban J connectivity index is 2.11. The summed E-state index contributed by atoms with van der Waals surface area (Å²) in [7, 11) is 0. The highest BCUT2D eigenvalue weighted by Crippen LogP contribution is 2.21. The van der Waals surface area contributed by atoms with Crippen molar-refractivity contribution in [2.75, 3.05) is 0 Å². The summed E-state index contributed by atoms with van der Waals surface area (Å²) < 4.78 is 7.25. The number of rotatable bonds is 2. The molecule has 0 unspecified atom stereocenters. The lowest BCUT2D eigenvalue weighted by Gasteiger charge is -2.01. The van der Waals surface area contributed by atoms with Gasteiger partial charge in [0.15, 0.2) is 5.82 Å². The van der Waals surface area contributed by atoms with Crippen LogP contribution in [-0.2, 0) is 0 Å². The molecule has 0 aromatic carbocycles. The molecule has 0 saturated carbocycles. The van der Waals surface area contributed by atoms with E-state index in [0.717, 1.165) is 22.7 Å². The van der Waals surface area contributed by atoms with E-state index in [0.29, 0.717) is 5.89 Å². The van der Waals surface area contributed by atoms with E-state index in [1.807, 2.05) is 19.2 Å². The molecule has 0 spiro atoms. The lowest BCUT2D eigenvalue weighted by Crippen LogP contribution is -2.01. The highest BCUT2D eigenvalue weighted by atomic mass is 16.4. The zero-order valence-electron chi connectivity index (χ0n) is 10.5. The van der Waals surface area contributed by atoms with Crippen molar-refractivity contribution in [2.45, 2.75) is 26.7 Å². The number of hydrogen-bond acceptors (Lipinski definition) is 4. The fourth-order valence-electron chi connectivity index (χ4n) is 1.72. The van der Waals surface area contributed by atoms with E-state index >= 15 is 0 Å². The van der Waals surface area contributed by atoms with Crippen LogP contribution in [0.5, 0.6) is 0 Å². The first kappa shape index (κ1) is 11.0. The molecule has 0 bridgehead atoms. The van der Waals surface area contributed by atoms with Gasteiger partial charge in [-0.3, -0.25) is 0 Å². The zero-order valence-corrected chi connectivity index (χ0v) is 10.5. The van der Waals surface area contributed by atoms with Crippen molar-refractivity contribution in [1.29, 1.82) is 0 Å². The van der Waals surface area contributed by atoms with Gasteiger partial charge < -0.3 is 4.42 Å². The van der Waals surface area contributed by atoms with Gasteiger partial charge in [0.1, 0.15) is 12.0 Å². The Kier molecular flexibility index (Phi) is 2.40. The predicted molar refractivity (Wildman–Crippen MR) is 66.1 cm³/mol. The largest absolute Gasteiger partial charge is 0.441 e.